The number of carbonyl (C=O) groups excluding carboxylic acids is 2. The molecule has 3 rings (SSSR count). The standard InChI is InChI=1S/C24H42N6O4S/c1-16(2)35(33,34)29-13-9-17(10-14-29)21-26-19(18-15-28(7)11-8-12-30(18)21)22(31)27-20(23(32)25-6)24(3,4)5/h16-17,20H,8-15H2,1-7H3,(H,25,32)(H,27,31)/t20-/m1/s1. The maximum Gasteiger partial charge on any atom is 0.272 e. The molecule has 10 nitrogen and oxygen atoms in total. The van der Waals surface area contributed by atoms with Crippen molar-refractivity contribution in [3.63, 3.8) is 0 Å². The molecule has 0 aliphatic carbocycles. The van der Waals surface area contributed by atoms with Gasteiger partial charge >= 0.3 is 0 Å². The van der Waals surface area contributed by atoms with E-state index >= 15 is 0 Å². The second-order valence-corrected chi connectivity index (χ2v) is 13.7. The predicted octanol–water partition coefficient (Wildman–Crippen LogP) is 1.53. The number of likely N-dealkylation sites (N-methyl/N-ethyl adjacent to an activating group) is 1. The number of nitrogens with one attached hydrogen (secondary N) is 2. The molecule has 0 saturated carbocycles. The normalized spacial score (nSPS) is 19.8. The molecular formula is C24H42N6O4S. The minimum absolute atomic E-state index is 0.0784. The van der Waals surface area contributed by atoms with Gasteiger partial charge < -0.3 is 20.1 Å². The Balaban J connectivity index is 1.92. The van der Waals surface area contributed by atoms with Crippen molar-refractivity contribution in [2.75, 3.05) is 33.7 Å². The Morgan fingerprint density at radius 2 is 1.71 bits per heavy atom. The van der Waals surface area contributed by atoms with Gasteiger partial charge in [-0.05, 0) is 52.1 Å². The largest absolute Gasteiger partial charge is 0.357 e. The van der Waals surface area contributed by atoms with Gasteiger partial charge in [-0.2, -0.15) is 0 Å². The molecule has 2 N–H and O–H groups in total. The number of aromatic nitrogens is 2. The molecule has 198 valence electrons. The number of nitrogens with zero attached hydrogens (tertiary/aromatic N) is 4. The summed E-state index contributed by atoms with van der Waals surface area (Å²) in [5.74, 6) is 0.342. The third-order valence-corrected chi connectivity index (χ3v) is 9.36. The number of amides is 2. The van der Waals surface area contributed by atoms with Crippen molar-refractivity contribution < 1.29 is 18.0 Å². The lowest BCUT2D eigenvalue weighted by Crippen LogP contribution is -2.53. The second kappa shape index (κ2) is 10.6. The van der Waals surface area contributed by atoms with Gasteiger partial charge in [-0.1, -0.05) is 20.8 Å². The maximum atomic E-state index is 13.5. The monoisotopic (exact) mass is 510 g/mol. The van der Waals surface area contributed by atoms with Gasteiger partial charge in [-0.3, -0.25) is 9.59 Å². The smallest absolute Gasteiger partial charge is 0.272 e. The van der Waals surface area contributed by atoms with E-state index < -0.39 is 26.7 Å². The van der Waals surface area contributed by atoms with Crippen LogP contribution in [-0.4, -0.2) is 84.0 Å². The van der Waals surface area contributed by atoms with Gasteiger partial charge in [-0.25, -0.2) is 17.7 Å². The van der Waals surface area contributed by atoms with Gasteiger partial charge in [0.15, 0.2) is 5.69 Å². The molecule has 1 fully saturated rings. The van der Waals surface area contributed by atoms with Gasteiger partial charge in [0, 0.05) is 39.1 Å². The van der Waals surface area contributed by atoms with Crippen LogP contribution in [0, 0.1) is 5.41 Å². The lowest BCUT2D eigenvalue weighted by molar-refractivity contribution is -0.124. The lowest BCUT2D eigenvalue weighted by Gasteiger charge is -2.32. The van der Waals surface area contributed by atoms with E-state index in [4.69, 9.17) is 4.98 Å². The molecule has 0 unspecified atom stereocenters. The van der Waals surface area contributed by atoms with Crippen LogP contribution in [0.5, 0.6) is 0 Å². The summed E-state index contributed by atoms with van der Waals surface area (Å²) in [5, 5.41) is 5.14. The van der Waals surface area contributed by atoms with Crippen LogP contribution in [0.15, 0.2) is 0 Å². The number of piperidine rings is 1. The Hall–Kier alpha value is -1.98. The summed E-state index contributed by atoms with van der Waals surface area (Å²) >= 11 is 0. The van der Waals surface area contributed by atoms with Crippen molar-refractivity contribution in [3.8, 4) is 0 Å². The number of fused-ring (bicyclic) bond motifs is 1. The van der Waals surface area contributed by atoms with Crippen molar-refractivity contribution in [2.45, 2.75) is 84.2 Å². The highest BCUT2D eigenvalue weighted by molar-refractivity contribution is 7.89. The molecule has 1 aromatic rings. The molecule has 3 heterocycles. The number of rotatable bonds is 6. The van der Waals surface area contributed by atoms with Gasteiger partial charge in [0.1, 0.15) is 11.9 Å². The third-order valence-electron chi connectivity index (χ3n) is 7.08. The van der Waals surface area contributed by atoms with Crippen LogP contribution in [0.25, 0.3) is 0 Å². The Bertz CT molecular complexity index is 1040. The molecule has 0 radical (unpaired) electrons. The first-order valence-electron chi connectivity index (χ1n) is 12.6. The van der Waals surface area contributed by atoms with E-state index in [1.807, 2.05) is 27.8 Å². The van der Waals surface area contributed by atoms with E-state index in [-0.39, 0.29) is 17.7 Å². The molecule has 0 spiro atoms. The molecule has 11 heteroatoms. The Morgan fingerprint density at radius 1 is 1.09 bits per heavy atom. The minimum atomic E-state index is -3.29. The summed E-state index contributed by atoms with van der Waals surface area (Å²) in [7, 11) is 0.309. The van der Waals surface area contributed by atoms with Crippen LogP contribution >= 0.6 is 0 Å². The number of imidazole rings is 1. The van der Waals surface area contributed by atoms with E-state index in [9.17, 15) is 18.0 Å². The number of hydrogen-bond donors (Lipinski definition) is 2. The number of hydrogen-bond acceptors (Lipinski definition) is 6. The topological polar surface area (TPSA) is 117 Å². The Morgan fingerprint density at radius 3 is 2.26 bits per heavy atom. The second-order valence-electron chi connectivity index (χ2n) is 11.2. The highest BCUT2D eigenvalue weighted by Crippen LogP contribution is 2.32. The highest BCUT2D eigenvalue weighted by Gasteiger charge is 2.37. The average molecular weight is 511 g/mol. The SMILES string of the molecule is CNC(=O)[C@@H](NC(=O)c1nc(C2CCN(S(=O)(=O)C(C)C)CC2)n2c1CN(C)CCC2)C(C)(C)C. The fourth-order valence-electron chi connectivity index (χ4n) is 4.93. The van der Waals surface area contributed by atoms with Crippen molar-refractivity contribution in [1.29, 1.82) is 0 Å². The molecule has 1 atom stereocenters. The summed E-state index contributed by atoms with van der Waals surface area (Å²) < 4.78 is 29.0. The van der Waals surface area contributed by atoms with Crippen molar-refractivity contribution in [2.24, 2.45) is 5.41 Å². The predicted molar refractivity (Wildman–Crippen MR) is 136 cm³/mol. The van der Waals surface area contributed by atoms with Gasteiger partial charge in [0.2, 0.25) is 15.9 Å². The molecule has 1 saturated heterocycles. The van der Waals surface area contributed by atoms with Gasteiger partial charge in [-0.15, -0.1) is 0 Å². The van der Waals surface area contributed by atoms with Crippen molar-refractivity contribution in [3.05, 3.63) is 17.2 Å². The van der Waals surface area contributed by atoms with Crippen LogP contribution in [0.1, 0.15) is 81.8 Å². The van der Waals surface area contributed by atoms with Crippen molar-refractivity contribution >= 4 is 21.8 Å². The summed E-state index contributed by atoms with van der Waals surface area (Å²) in [5.41, 5.74) is 0.754. The first kappa shape index (κ1) is 27.6. The summed E-state index contributed by atoms with van der Waals surface area (Å²) in [6.45, 7) is 12.3. The van der Waals surface area contributed by atoms with E-state index in [0.717, 1.165) is 31.0 Å². The molecule has 2 amide bonds. The third kappa shape index (κ3) is 5.89. The van der Waals surface area contributed by atoms with E-state index in [1.54, 1.807) is 25.2 Å². The summed E-state index contributed by atoms with van der Waals surface area (Å²) in [6, 6.07) is -0.700. The molecule has 35 heavy (non-hydrogen) atoms. The van der Waals surface area contributed by atoms with Gasteiger partial charge in [0.25, 0.3) is 5.91 Å². The van der Waals surface area contributed by atoms with Gasteiger partial charge in [0.05, 0.1) is 10.9 Å². The van der Waals surface area contributed by atoms with Crippen LogP contribution in [0.2, 0.25) is 0 Å². The first-order chi connectivity index (χ1) is 16.3. The quantitative estimate of drug-likeness (QED) is 0.600. The minimum Gasteiger partial charge on any atom is -0.357 e. The fourth-order valence-corrected chi connectivity index (χ4v) is 6.24. The number of carbonyl (C=O) groups is 2. The molecule has 0 aromatic carbocycles. The zero-order valence-electron chi connectivity index (χ0n) is 22.2. The first-order valence-corrected chi connectivity index (χ1v) is 14.1. The van der Waals surface area contributed by atoms with E-state index in [1.165, 1.54) is 0 Å². The Labute approximate surface area is 209 Å². The van der Waals surface area contributed by atoms with E-state index in [0.29, 0.717) is 38.2 Å². The molecule has 2 aliphatic heterocycles. The van der Waals surface area contributed by atoms with E-state index in [2.05, 4.69) is 20.1 Å². The van der Waals surface area contributed by atoms with Crippen molar-refractivity contribution in [1.82, 2.24) is 29.4 Å². The van der Waals surface area contributed by atoms with Crippen LogP contribution < -0.4 is 10.6 Å². The number of sulfonamides is 1. The highest BCUT2D eigenvalue weighted by atomic mass is 32.2. The summed E-state index contributed by atoms with van der Waals surface area (Å²) in [6.07, 6.45) is 2.28. The zero-order valence-corrected chi connectivity index (χ0v) is 23.0. The maximum absolute atomic E-state index is 13.5. The van der Waals surface area contributed by atoms with Crippen LogP contribution in [0.3, 0.4) is 0 Å². The van der Waals surface area contributed by atoms with Crippen LogP contribution in [-0.2, 0) is 27.9 Å². The zero-order chi connectivity index (χ0) is 26.1. The van der Waals surface area contributed by atoms with Crippen LogP contribution in [0.4, 0.5) is 0 Å². The lowest BCUT2D eigenvalue weighted by atomic mass is 9.86. The molecule has 1 aromatic heterocycles. The molecular weight excluding hydrogens is 468 g/mol. The average Bonchev–Trinajstić information content (AvgIpc) is 3.02. The molecule has 0 bridgehead atoms. The Kier molecular flexibility index (Phi) is 8.33. The summed E-state index contributed by atoms with van der Waals surface area (Å²) in [4.78, 5) is 33.1. The fraction of sp³-hybridized carbons (Fsp3) is 0.792. The molecule has 2 aliphatic rings.